The number of morpholine rings is 1. The van der Waals surface area contributed by atoms with Crippen molar-refractivity contribution in [2.45, 2.75) is 25.9 Å². The first kappa shape index (κ1) is 27.0. The van der Waals surface area contributed by atoms with Gasteiger partial charge in [-0.05, 0) is 60.2 Å². The largest absolute Gasteiger partial charge is 0.395 e. The molecule has 1 atom stereocenters. The smallest absolute Gasteiger partial charge is 0.389 e. The lowest BCUT2D eigenvalue weighted by atomic mass is 10.00. The van der Waals surface area contributed by atoms with E-state index in [0.717, 1.165) is 41.4 Å². The molecule has 3 heterocycles. The maximum absolute atomic E-state index is 12.8. The second-order valence-corrected chi connectivity index (χ2v) is 9.70. The fraction of sp³-hybridized carbons (Fsp3) is 0.538. The molecule has 0 spiro atoms. The van der Waals surface area contributed by atoms with Crippen LogP contribution in [0.3, 0.4) is 0 Å². The minimum atomic E-state index is -4.22. The number of nitrogens with zero attached hydrogens (tertiary/aromatic N) is 4. The predicted molar refractivity (Wildman–Crippen MR) is 137 cm³/mol. The number of pyridine rings is 1. The molecule has 2 aliphatic heterocycles. The molecule has 8 nitrogen and oxygen atoms in total. The Morgan fingerprint density at radius 2 is 1.97 bits per heavy atom. The number of aliphatic hydroxyl groups excluding tert-OH is 1. The van der Waals surface area contributed by atoms with Gasteiger partial charge in [0, 0.05) is 51.9 Å². The minimum absolute atomic E-state index is 0.00380. The topological polar surface area (TPSA) is 81.2 Å². The van der Waals surface area contributed by atoms with Gasteiger partial charge >= 0.3 is 12.2 Å². The SMILES string of the molecule is Cc1ccc(NC(=O)N2CCC(CC(F)(F)F)C2)cc1-c1cc(N(C)CCO)nc(N2CCOCC2)c1. The van der Waals surface area contributed by atoms with Crippen molar-refractivity contribution in [1.82, 2.24) is 9.88 Å². The first-order valence-electron chi connectivity index (χ1n) is 12.5. The summed E-state index contributed by atoms with van der Waals surface area (Å²) in [6, 6.07) is 9.15. The number of ether oxygens (including phenoxy) is 1. The molecule has 0 aliphatic carbocycles. The van der Waals surface area contributed by atoms with Gasteiger partial charge in [0.2, 0.25) is 0 Å². The van der Waals surface area contributed by atoms with E-state index in [1.165, 1.54) is 4.90 Å². The lowest BCUT2D eigenvalue weighted by Crippen LogP contribution is -2.37. The molecule has 0 bridgehead atoms. The summed E-state index contributed by atoms with van der Waals surface area (Å²) in [4.78, 5) is 23.1. The number of anilines is 3. The maximum atomic E-state index is 12.8. The number of carbonyl (C=O) groups excluding carboxylic acids is 1. The molecule has 0 radical (unpaired) electrons. The number of benzene rings is 1. The highest BCUT2D eigenvalue weighted by Crippen LogP contribution is 2.33. The minimum Gasteiger partial charge on any atom is -0.395 e. The van der Waals surface area contributed by atoms with Gasteiger partial charge in [-0.25, -0.2) is 9.78 Å². The average Bonchev–Trinajstić information content (AvgIpc) is 3.32. The van der Waals surface area contributed by atoms with Gasteiger partial charge in [-0.15, -0.1) is 0 Å². The van der Waals surface area contributed by atoms with Crippen LogP contribution in [0.2, 0.25) is 0 Å². The van der Waals surface area contributed by atoms with Crippen molar-refractivity contribution in [1.29, 1.82) is 0 Å². The Morgan fingerprint density at radius 1 is 1.22 bits per heavy atom. The molecule has 2 aliphatic rings. The van der Waals surface area contributed by atoms with Gasteiger partial charge in [0.25, 0.3) is 0 Å². The molecule has 1 aromatic heterocycles. The van der Waals surface area contributed by atoms with Crippen molar-refractivity contribution >= 4 is 23.4 Å². The van der Waals surface area contributed by atoms with Gasteiger partial charge in [-0.2, -0.15) is 13.2 Å². The van der Waals surface area contributed by atoms with Crippen LogP contribution in [-0.2, 0) is 4.74 Å². The third kappa shape index (κ3) is 7.04. The van der Waals surface area contributed by atoms with E-state index >= 15 is 0 Å². The summed E-state index contributed by atoms with van der Waals surface area (Å²) in [7, 11) is 1.87. The summed E-state index contributed by atoms with van der Waals surface area (Å²) in [6.07, 6.45) is -4.75. The number of rotatable bonds is 7. The second-order valence-electron chi connectivity index (χ2n) is 9.70. The van der Waals surface area contributed by atoms with E-state index in [2.05, 4.69) is 10.2 Å². The van der Waals surface area contributed by atoms with Gasteiger partial charge in [0.1, 0.15) is 11.6 Å². The fourth-order valence-corrected chi connectivity index (χ4v) is 4.80. The standard InChI is InChI=1S/C26H34F3N5O3/c1-18-3-4-21(30-25(36)34-6-5-19(17-34)16-26(27,28)29)15-22(18)20-13-23(32(2)7-10-35)31-24(14-20)33-8-11-37-12-9-33/h3-4,13-15,19,35H,5-12,16-17H2,1-2H3,(H,30,36). The number of hydrogen-bond acceptors (Lipinski definition) is 6. The number of halogens is 3. The summed E-state index contributed by atoms with van der Waals surface area (Å²) in [5.41, 5.74) is 3.39. The van der Waals surface area contributed by atoms with Crippen molar-refractivity contribution < 1.29 is 27.8 Å². The molecule has 202 valence electrons. The quantitative estimate of drug-likeness (QED) is 0.571. The van der Waals surface area contributed by atoms with E-state index in [0.29, 0.717) is 38.4 Å². The van der Waals surface area contributed by atoms with E-state index in [1.807, 2.05) is 43.1 Å². The van der Waals surface area contributed by atoms with Crippen LogP contribution in [0.5, 0.6) is 0 Å². The van der Waals surface area contributed by atoms with Crippen LogP contribution in [0, 0.1) is 12.8 Å². The van der Waals surface area contributed by atoms with Crippen molar-refractivity contribution in [3.63, 3.8) is 0 Å². The van der Waals surface area contributed by atoms with Crippen molar-refractivity contribution in [2.75, 3.05) is 74.7 Å². The van der Waals surface area contributed by atoms with E-state index in [9.17, 15) is 23.1 Å². The van der Waals surface area contributed by atoms with Gasteiger partial charge in [0.05, 0.1) is 19.8 Å². The van der Waals surface area contributed by atoms with Crippen molar-refractivity contribution in [3.05, 3.63) is 35.9 Å². The van der Waals surface area contributed by atoms with Gasteiger partial charge in [-0.3, -0.25) is 0 Å². The highest BCUT2D eigenvalue weighted by molar-refractivity contribution is 5.91. The molecule has 1 aromatic carbocycles. The predicted octanol–water partition coefficient (Wildman–Crippen LogP) is 4.13. The van der Waals surface area contributed by atoms with Gasteiger partial charge < -0.3 is 29.9 Å². The molecule has 1 unspecified atom stereocenters. The number of aromatic nitrogens is 1. The van der Waals surface area contributed by atoms with Gasteiger partial charge in [0.15, 0.2) is 0 Å². The molecule has 37 heavy (non-hydrogen) atoms. The van der Waals surface area contributed by atoms with Crippen LogP contribution in [0.15, 0.2) is 30.3 Å². The van der Waals surface area contributed by atoms with E-state index in [1.54, 1.807) is 6.07 Å². The molecule has 0 saturated carbocycles. The number of likely N-dealkylation sites (N-methyl/N-ethyl adjacent to an activating group) is 1. The molecule has 4 rings (SSSR count). The van der Waals surface area contributed by atoms with Gasteiger partial charge in [-0.1, -0.05) is 6.07 Å². The van der Waals surface area contributed by atoms with Crippen molar-refractivity contribution in [2.24, 2.45) is 5.92 Å². The molecular formula is C26H34F3N5O3. The number of amides is 2. The highest BCUT2D eigenvalue weighted by atomic mass is 19.4. The Balaban J connectivity index is 1.57. The summed E-state index contributed by atoms with van der Waals surface area (Å²) < 4.78 is 43.7. The monoisotopic (exact) mass is 521 g/mol. The number of likely N-dealkylation sites (tertiary alicyclic amines) is 1. The first-order chi connectivity index (χ1) is 17.6. The lowest BCUT2D eigenvalue weighted by Gasteiger charge is -2.29. The van der Waals surface area contributed by atoms with E-state index in [4.69, 9.17) is 9.72 Å². The number of alkyl halides is 3. The molecule has 2 amide bonds. The number of carbonyl (C=O) groups is 1. The molecule has 2 fully saturated rings. The average molecular weight is 522 g/mol. The molecule has 2 saturated heterocycles. The Morgan fingerprint density at radius 3 is 2.68 bits per heavy atom. The first-order valence-corrected chi connectivity index (χ1v) is 12.5. The van der Waals surface area contributed by atoms with E-state index in [-0.39, 0.29) is 13.2 Å². The van der Waals surface area contributed by atoms with Crippen LogP contribution >= 0.6 is 0 Å². The summed E-state index contributed by atoms with van der Waals surface area (Å²) in [6.45, 7) is 5.49. The number of aliphatic hydroxyl groups is 1. The third-order valence-electron chi connectivity index (χ3n) is 6.85. The maximum Gasteiger partial charge on any atom is 0.389 e. The molecule has 2 N–H and O–H groups in total. The molecular weight excluding hydrogens is 487 g/mol. The lowest BCUT2D eigenvalue weighted by molar-refractivity contribution is -0.143. The molecule has 2 aromatic rings. The highest BCUT2D eigenvalue weighted by Gasteiger charge is 2.36. The molecule has 11 heteroatoms. The summed E-state index contributed by atoms with van der Waals surface area (Å²) in [5.74, 6) is 0.959. The van der Waals surface area contributed by atoms with Crippen molar-refractivity contribution in [3.8, 4) is 11.1 Å². The fourth-order valence-electron chi connectivity index (χ4n) is 4.80. The van der Waals surface area contributed by atoms with Crippen LogP contribution in [0.1, 0.15) is 18.4 Å². The normalized spacial score (nSPS) is 18.3. The van der Waals surface area contributed by atoms with Crippen LogP contribution < -0.4 is 15.1 Å². The van der Waals surface area contributed by atoms with Crippen LogP contribution in [0.4, 0.5) is 35.3 Å². The zero-order chi connectivity index (χ0) is 26.6. The summed E-state index contributed by atoms with van der Waals surface area (Å²) in [5, 5.41) is 12.3. The Bertz CT molecular complexity index is 1090. The Kier molecular flexibility index (Phi) is 8.43. The Labute approximate surface area is 215 Å². The number of aryl methyl sites for hydroxylation is 1. The summed E-state index contributed by atoms with van der Waals surface area (Å²) >= 11 is 0. The van der Waals surface area contributed by atoms with Crippen LogP contribution in [-0.4, -0.2) is 86.8 Å². The third-order valence-corrected chi connectivity index (χ3v) is 6.85. The van der Waals surface area contributed by atoms with E-state index < -0.39 is 24.5 Å². The number of nitrogens with one attached hydrogen (secondary N) is 1. The van der Waals surface area contributed by atoms with Crippen LogP contribution in [0.25, 0.3) is 11.1 Å². The number of urea groups is 1. The second kappa shape index (κ2) is 11.6. The Hall–Kier alpha value is -3.05. The zero-order valence-corrected chi connectivity index (χ0v) is 21.2. The zero-order valence-electron chi connectivity index (χ0n) is 21.2. The number of hydrogen-bond donors (Lipinski definition) is 2.